The highest BCUT2D eigenvalue weighted by atomic mass is 32.2. The zero-order chi connectivity index (χ0) is 11.2. The molecule has 2 atom stereocenters. The topological polar surface area (TPSA) is 54.4 Å². The van der Waals surface area contributed by atoms with E-state index >= 15 is 0 Å². The average Bonchev–Trinajstić information content (AvgIpc) is 2.47. The fourth-order valence-electron chi connectivity index (χ4n) is 2.28. The molecule has 1 saturated carbocycles. The molecule has 4 heteroatoms. The van der Waals surface area contributed by atoms with Crippen molar-refractivity contribution in [3.8, 4) is 0 Å². The Labute approximate surface area is 92.9 Å². The largest absolute Gasteiger partial charge is 0.481 e. The molecule has 0 aromatic carbocycles. The maximum atomic E-state index is 11.4. The number of rotatable bonds is 2. The van der Waals surface area contributed by atoms with E-state index in [9.17, 15) is 9.59 Å². The fourth-order valence-corrected chi connectivity index (χ4v) is 3.14. The van der Waals surface area contributed by atoms with Gasteiger partial charge in [0, 0.05) is 11.3 Å². The van der Waals surface area contributed by atoms with Gasteiger partial charge in [0.05, 0.1) is 5.92 Å². The van der Waals surface area contributed by atoms with Gasteiger partial charge in [0.2, 0.25) is 5.12 Å². The smallest absolute Gasteiger partial charge is 0.307 e. The highest BCUT2D eigenvalue weighted by molar-refractivity contribution is 8.14. The first-order chi connectivity index (χ1) is 6.94. The molecule has 0 aromatic heterocycles. The summed E-state index contributed by atoms with van der Waals surface area (Å²) in [5.74, 6) is -0.189. The standard InChI is InChI=1S/C11H14O3S/c1-11(2)7(8(11)9(12)13)5-6-3-4-15-10(6)14/h5,7-8H,3-4H2,1-2H3,(H,12,13)/b6-5+/t7-,8-/m0/s1. The van der Waals surface area contributed by atoms with Crippen molar-refractivity contribution < 1.29 is 14.7 Å². The van der Waals surface area contributed by atoms with Gasteiger partial charge < -0.3 is 5.11 Å². The molecule has 2 aliphatic rings. The van der Waals surface area contributed by atoms with Crippen LogP contribution in [0.3, 0.4) is 0 Å². The Morgan fingerprint density at radius 2 is 2.27 bits per heavy atom. The summed E-state index contributed by atoms with van der Waals surface area (Å²) in [7, 11) is 0. The number of carbonyl (C=O) groups is 2. The van der Waals surface area contributed by atoms with Gasteiger partial charge in [0.1, 0.15) is 0 Å². The Balaban J connectivity index is 2.15. The number of carboxylic acid groups (broad SMARTS) is 1. The van der Waals surface area contributed by atoms with E-state index in [0.29, 0.717) is 0 Å². The van der Waals surface area contributed by atoms with Crippen LogP contribution in [0.5, 0.6) is 0 Å². The molecule has 82 valence electrons. The van der Waals surface area contributed by atoms with Crippen LogP contribution in [-0.4, -0.2) is 21.9 Å². The number of allylic oxidation sites excluding steroid dienone is 1. The van der Waals surface area contributed by atoms with Gasteiger partial charge in [0.15, 0.2) is 0 Å². The van der Waals surface area contributed by atoms with Crippen LogP contribution in [0.4, 0.5) is 0 Å². The van der Waals surface area contributed by atoms with E-state index in [1.165, 1.54) is 11.8 Å². The minimum absolute atomic E-state index is 0.0349. The van der Waals surface area contributed by atoms with Gasteiger partial charge in [-0.1, -0.05) is 31.7 Å². The maximum absolute atomic E-state index is 11.4. The Bertz CT molecular complexity index is 357. The van der Waals surface area contributed by atoms with Crippen molar-refractivity contribution in [2.75, 3.05) is 5.75 Å². The van der Waals surface area contributed by atoms with E-state index in [-0.39, 0.29) is 22.4 Å². The molecule has 1 aliphatic heterocycles. The molecule has 0 bridgehead atoms. The van der Waals surface area contributed by atoms with Crippen LogP contribution in [-0.2, 0) is 9.59 Å². The van der Waals surface area contributed by atoms with Crippen molar-refractivity contribution in [1.29, 1.82) is 0 Å². The summed E-state index contributed by atoms with van der Waals surface area (Å²) in [6, 6.07) is 0. The second-order valence-corrected chi connectivity index (χ2v) is 5.81. The summed E-state index contributed by atoms with van der Waals surface area (Å²) in [5, 5.41) is 9.11. The third-order valence-corrected chi connectivity index (χ3v) is 4.36. The lowest BCUT2D eigenvalue weighted by Gasteiger charge is -1.97. The molecule has 3 nitrogen and oxygen atoms in total. The monoisotopic (exact) mass is 226 g/mol. The lowest BCUT2D eigenvalue weighted by molar-refractivity contribution is -0.139. The van der Waals surface area contributed by atoms with Gasteiger partial charge in [-0.3, -0.25) is 9.59 Å². The molecule has 1 saturated heterocycles. The quantitative estimate of drug-likeness (QED) is 0.731. The zero-order valence-corrected chi connectivity index (χ0v) is 9.63. The first-order valence-corrected chi connectivity index (χ1v) is 6.04. The summed E-state index contributed by atoms with van der Waals surface area (Å²) < 4.78 is 0. The molecule has 2 rings (SSSR count). The molecule has 15 heavy (non-hydrogen) atoms. The average molecular weight is 226 g/mol. The molecule has 2 fully saturated rings. The molecular weight excluding hydrogens is 212 g/mol. The van der Waals surface area contributed by atoms with E-state index in [2.05, 4.69) is 0 Å². The summed E-state index contributed by atoms with van der Waals surface area (Å²) in [6.45, 7) is 3.89. The van der Waals surface area contributed by atoms with Gasteiger partial charge in [-0.15, -0.1) is 0 Å². The van der Waals surface area contributed by atoms with Gasteiger partial charge >= 0.3 is 5.97 Å². The molecule has 0 spiro atoms. The number of carbonyl (C=O) groups excluding carboxylic acids is 1. The van der Waals surface area contributed by atoms with Crippen molar-refractivity contribution >= 4 is 22.8 Å². The van der Waals surface area contributed by atoms with Crippen molar-refractivity contribution in [1.82, 2.24) is 0 Å². The van der Waals surface area contributed by atoms with Crippen LogP contribution in [0.25, 0.3) is 0 Å². The second kappa shape index (κ2) is 3.37. The van der Waals surface area contributed by atoms with Crippen molar-refractivity contribution in [2.24, 2.45) is 17.3 Å². The Morgan fingerprint density at radius 3 is 2.67 bits per heavy atom. The highest BCUT2D eigenvalue weighted by Crippen LogP contribution is 2.59. The fraction of sp³-hybridized carbons (Fsp3) is 0.636. The number of hydrogen-bond donors (Lipinski definition) is 1. The molecule has 1 aliphatic carbocycles. The summed E-state index contributed by atoms with van der Waals surface area (Å²) in [6.07, 6.45) is 2.68. The minimum Gasteiger partial charge on any atom is -0.481 e. The first kappa shape index (κ1) is 10.7. The van der Waals surface area contributed by atoms with Crippen LogP contribution < -0.4 is 0 Å². The normalized spacial score (nSPS) is 35.9. The summed E-state index contributed by atoms with van der Waals surface area (Å²) in [5.41, 5.74) is 0.633. The van der Waals surface area contributed by atoms with Crippen molar-refractivity contribution in [2.45, 2.75) is 20.3 Å². The maximum Gasteiger partial charge on any atom is 0.307 e. The number of carboxylic acids is 1. The molecule has 0 aromatic rings. The summed E-state index contributed by atoms with van der Waals surface area (Å²) >= 11 is 1.33. The minimum atomic E-state index is -0.750. The Kier molecular flexibility index (Phi) is 2.41. The van der Waals surface area contributed by atoms with Gasteiger partial charge in [-0.05, 0) is 17.8 Å². The molecule has 1 N–H and O–H groups in total. The lowest BCUT2D eigenvalue weighted by atomic mass is 10.1. The second-order valence-electron chi connectivity index (χ2n) is 4.74. The third kappa shape index (κ3) is 1.71. The molecule has 0 amide bonds. The van der Waals surface area contributed by atoms with Crippen LogP contribution in [0, 0.1) is 17.3 Å². The predicted octanol–water partition coefficient (Wildman–Crippen LogP) is 1.93. The molecule has 0 radical (unpaired) electrons. The van der Waals surface area contributed by atoms with E-state index in [1.54, 1.807) is 0 Å². The van der Waals surface area contributed by atoms with Crippen LogP contribution in [0.15, 0.2) is 11.6 Å². The zero-order valence-electron chi connectivity index (χ0n) is 8.82. The van der Waals surface area contributed by atoms with Crippen molar-refractivity contribution in [3.05, 3.63) is 11.6 Å². The van der Waals surface area contributed by atoms with E-state index in [4.69, 9.17) is 5.11 Å². The number of thioether (sulfide) groups is 1. The molecular formula is C11H14O3S. The first-order valence-electron chi connectivity index (χ1n) is 5.05. The van der Waals surface area contributed by atoms with E-state index in [1.807, 2.05) is 19.9 Å². The van der Waals surface area contributed by atoms with Gasteiger partial charge in [-0.25, -0.2) is 0 Å². The predicted molar refractivity (Wildman–Crippen MR) is 58.6 cm³/mol. The molecule has 0 unspecified atom stereocenters. The SMILES string of the molecule is CC1(C)[C@H](C(=O)O)[C@@H]1/C=C1\CCSC1=O. The number of aliphatic carboxylic acids is 1. The van der Waals surface area contributed by atoms with Crippen molar-refractivity contribution in [3.63, 3.8) is 0 Å². The number of hydrogen-bond acceptors (Lipinski definition) is 3. The van der Waals surface area contributed by atoms with Crippen LogP contribution in [0.1, 0.15) is 20.3 Å². The third-order valence-electron chi connectivity index (χ3n) is 3.42. The Hall–Kier alpha value is -0.770. The lowest BCUT2D eigenvalue weighted by Crippen LogP contribution is -2.03. The van der Waals surface area contributed by atoms with Gasteiger partial charge in [-0.2, -0.15) is 0 Å². The van der Waals surface area contributed by atoms with Gasteiger partial charge in [0.25, 0.3) is 0 Å². The van der Waals surface area contributed by atoms with Crippen LogP contribution in [0.2, 0.25) is 0 Å². The molecule has 1 heterocycles. The summed E-state index contributed by atoms with van der Waals surface area (Å²) in [4.78, 5) is 22.3. The van der Waals surface area contributed by atoms with E-state index < -0.39 is 5.97 Å². The van der Waals surface area contributed by atoms with E-state index in [0.717, 1.165) is 17.7 Å². The Morgan fingerprint density at radius 1 is 1.60 bits per heavy atom. The van der Waals surface area contributed by atoms with Crippen LogP contribution >= 0.6 is 11.8 Å². The highest BCUT2D eigenvalue weighted by Gasteiger charge is 2.61.